The molecule has 0 heterocycles. The summed E-state index contributed by atoms with van der Waals surface area (Å²) in [5.74, 6) is -0.178. The summed E-state index contributed by atoms with van der Waals surface area (Å²) in [6.07, 6.45) is 0. The van der Waals surface area contributed by atoms with E-state index in [-0.39, 0.29) is 11.5 Å². The third-order valence-corrected chi connectivity index (χ3v) is 3.40. The highest BCUT2D eigenvalue weighted by Crippen LogP contribution is 2.39. The molecule has 1 aromatic carbocycles. The minimum atomic E-state index is -0.757. The number of amides is 3. The second kappa shape index (κ2) is 12.5. The van der Waals surface area contributed by atoms with Gasteiger partial charge in [-0.15, -0.1) is 0 Å². The van der Waals surface area contributed by atoms with Crippen LogP contribution in [0.3, 0.4) is 0 Å². The van der Waals surface area contributed by atoms with Gasteiger partial charge in [0.25, 0.3) is 5.91 Å². The summed E-state index contributed by atoms with van der Waals surface area (Å²) in [5.41, 5.74) is 0.136. The Morgan fingerprint density at radius 2 is 1.48 bits per heavy atom. The molecule has 0 spiro atoms. The van der Waals surface area contributed by atoms with Crippen LogP contribution in [0, 0.1) is 5.92 Å². The number of benzene rings is 1. The Kier molecular flexibility index (Phi) is 10.4. The fourth-order valence-corrected chi connectivity index (χ4v) is 2.22. The van der Waals surface area contributed by atoms with Gasteiger partial charge in [0.2, 0.25) is 5.75 Å². The Labute approximate surface area is 171 Å². The molecule has 0 radical (unpaired) electrons. The fourth-order valence-electron chi connectivity index (χ4n) is 2.22. The van der Waals surface area contributed by atoms with Crippen molar-refractivity contribution < 1.29 is 33.3 Å². The van der Waals surface area contributed by atoms with Crippen LogP contribution in [0.15, 0.2) is 12.1 Å². The Bertz CT molecular complexity index is 677. The molecule has 3 amide bonds. The maximum absolute atomic E-state index is 12.4. The van der Waals surface area contributed by atoms with Gasteiger partial charge in [-0.2, -0.15) is 0 Å². The van der Waals surface area contributed by atoms with E-state index in [1.54, 1.807) is 13.8 Å². The van der Waals surface area contributed by atoms with Crippen molar-refractivity contribution in [2.45, 2.75) is 34.6 Å². The molecule has 2 N–H and O–H groups in total. The van der Waals surface area contributed by atoms with Crippen molar-refractivity contribution in [2.75, 3.05) is 33.0 Å². The molecule has 1 aromatic rings. The maximum Gasteiger partial charge on any atom is 0.338 e. The number of hydrogen-bond donors (Lipinski definition) is 2. The molecule has 162 valence electrons. The lowest BCUT2D eigenvalue weighted by molar-refractivity contribution is -0.123. The summed E-state index contributed by atoms with van der Waals surface area (Å²) < 4.78 is 21.7. The molecule has 0 atom stereocenters. The van der Waals surface area contributed by atoms with E-state index in [0.29, 0.717) is 43.6 Å². The number of rotatable bonds is 11. The Morgan fingerprint density at radius 3 is 1.97 bits per heavy atom. The van der Waals surface area contributed by atoms with Crippen molar-refractivity contribution in [3.8, 4) is 17.2 Å². The van der Waals surface area contributed by atoms with Crippen LogP contribution >= 0.6 is 0 Å². The molecule has 0 unspecified atom stereocenters. The van der Waals surface area contributed by atoms with Crippen molar-refractivity contribution in [3.63, 3.8) is 0 Å². The predicted octanol–water partition coefficient (Wildman–Crippen LogP) is 2.52. The van der Waals surface area contributed by atoms with Gasteiger partial charge in [-0.05, 0) is 38.8 Å². The SMILES string of the molecule is CCOc1cc(C(=O)OCC(=O)NC(=O)NCC(C)C)cc(OCC)c1OCC. The summed E-state index contributed by atoms with van der Waals surface area (Å²) in [4.78, 5) is 35.7. The van der Waals surface area contributed by atoms with Crippen LogP contribution < -0.4 is 24.8 Å². The number of urea groups is 1. The Balaban J connectivity index is 2.82. The lowest BCUT2D eigenvalue weighted by atomic mass is 10.2. The first-order valence-electron chi connectivity index (χ1n) is 9.63. The molecular formula is C20H30N2O7. The van der Waals surface area contributed by atoms with Gasteiger partial charge in [-0.3, -0.25) is 10.1 Å². The number of imide groups is 1. The molecule has 0 fully saturated rings. The highest BCUT2D eigenvalue weighted by atomic mass is 16.5. The minimum Gasteiger partial charge on any atom is -0.490 e. The maximum atomic E-state index is 12.4. The standard InChI is InChI=1S/C20H30N2O7/c1-6-26-15-9-14(10-16(27-7-2)18(15)28-8-3)19(24)29-12-17(23)22-20(25)21-11-13(4)5/h9-10,13H,6-8,11-12H2,1-5H3,(H2,21,22,23,25). The summed E-state index contributed by atoms with van der Waals surface area (Å²) in [7, 11) is 0. The van der Waals surface area contributed by atoms with E-state index in [9.17, 15) is 14.4 Å². The van der Waals surface area contributed by atoms with E-state index in [1.165, 1.54) is 12.1 Å². The molecule has 1 rings (SSSR count). The largest absolute Gasteiger partial charge is 0.490 e. The van der Waals surface area contributed by atoms with Crippen molar-refractivity contribution in [1.82, 2.24) is 10.6 Å². The van der Waals surface area contributed by atoms with E-state index in [4.69, 9.17) is 18.9 Å². The fraction of sp³-hybridized carbons (Fsp3) is 0.550. The van der Waals surface area contributed by atoms with E-state index >= 15 is 0 Å². The molecular weight excluding hydrogens is 380 g/mol. The normalized spacial score (nSPS) is 10.3. The first kappa shape index (κ1) is 24.1. The van der Waals surface area contributed by atoms with Crippen LogP contribution in [0.2, 0.25) is 0 Å². The van der Waals surface area contributed by atoms with Crippen molar-refractivity contribution in [2.24, 2.45) is 5.92 Å². The molecule has 9 nitrogen and oxygen atoms in total. The van der Waals surface area contributed by atoms with Crippen LogP contribution in [-0.2, 0) is 9.53 Å². The molecule has 29 heavy (non-hydrogen) atoms. The average molecular weight is 410 g/mol. The molecule has 9 heteroatoms. The van der Waals surface area contributed by atoms with E-state index in [2.05, 4.69) is 10.6 Å². The van der Waals surface area contributed by atoms with Gasteiger partial charge in [0.05, 0.1) is 25.4 Å². The quantitative estimate of drug-likeness (QED) is 0.539. The van der Waals surface area contributed by atoms with Gasteiger partial charge in [-0.25, -0.2) is 9.59 Å². The van der Waals surface area contributed by atoms with Crippen molar-refractivity contribution >= 4 is 17.9 Å². The highest BCUT2D eigenvalue weighted by molar-refractivity contribution is 5.97. The second-order valence-electron chi connectivity index (χ2n) is 6.33. The summed E-state index contributed by atoms with van der Waals surface area (Å²) in [6.45, 7) is 10.2. The molecule has 0 saturated heterocycles. The van der Waals surface area contributed by atoms with Crippen molar-refractivity contribution in [3.05, 3.63) is 17.7 Å². The van der Waals surface area contributed by atoms with Gasteiger partial charge in [0.1, 0.15) is 0 Å². The van der Waals surface area contributed by atoms with Gasteiger partial charge >= 0.3 is 12.0 Å². The second-order valence-corrected chi connectivity index (χ2v) is 6.33. The Hall–Kier alpha value is -2.97. The number of carbonyl (C=O) groups is 3. The molecule has 0 saturated carbocycles. The topological polar surface area (TPSA) is 112 Å². The van der Waals surface area contributed by atoms with Crippen LogP contribution in [0.1, 0.15) is 45.0 Å². The van der Waals surface area contributed by atoms with Gasteiger partial charge < -0.3 is 24.3 Å². The number of esters is 1. The van der Waals surface area contributed by atoms with E-state index in [1.807, 2.05) is 20.8 Å². The molecule has 0 aromatic heterocycles. The molecule has 0 bridgehead atoms. The van der Waals surface area contributed by atoms with Gasteiger partial charge in [0, 0.05) is 6.54 Å². The summed E-state index contributed by atoms with van der Waals surface area (Å²) in [5, 5.41) is 4.63. The van der Waals surface area contributed by atoms with Crippen molar-refractivity contribution in [1.29, 1.82) is 0 Å². The number of carbonyl (C=O) groups excluding carboxylic acids is 3. The van der Waals surface area contributed by atoms with Gasteiger partial charge in [0.15, 0.2) is 18.1 Å². The lowest BCUT2D eigenvalue weighted by Crippen LogP contribution is -2.42. The third-order valence-electron chi connectivity index (χ3n) is 3.40. The number of hydrogen-bond acceptors (Lipinski definition) is 7. The monoisotopic (exact) mass is 410 g/mol. The Morgan fingerprint density at radius 1 is 0.931 bits per heavy atom. The van der Waals surface area contributed by atoms with Crippen LogP contribution in [0.25, 0.3) is 0 Å². The lowest BCUT2D eigenvalue weighted by Gasteiger charge is -2.16. The predicted molar refractivity (Wildman–Crippen MR) is 107 cm³/mol. The zero-order chi connectivity index (χ0) is 21.8. The third kappa shape index (κ3) is 8.28. The summed E-state index contributed by atoms with van der Waals surface area (Å²) >= 11 is 0. The molecule has 0 aliphatic heterocycles. The zero-order valence-corrected chi connectivity index (χ0v) is 17.6. The summed E-state index contributed by atoms with van der Waals surface area (Å²) in [6, 6.07) is 2.29. The first-order valence-corrected chi connectivity index (χ1v) is 9.63. The number of ether oxygens (including phenoxy) is 4. The molecule has 0 aliphatic rings. The molecule has 0 aliphatic carbocycles. The van der Waals surface area contributed by atoms with Crippen LogP contribution in [0.4, 0.5) is 4.79 Å². The average Bonchev–Trinajstić information content (AvgIpc) is 2.67. The van der Waals surface area contributed by atoms with Crippen LogP contribution in [0.5, 0.6) is 17.2 Å². The van der Waals surface area contributed by atoms with E-state index in [0.717, 1.165) is 0 Å². The first-order chi connectivity index (χ1) is 13.8. The zero-order valence-electron chi connectivity index (χ0n) is 17.6. The highest BCUT2D eigenvalue weighted by Gasteiger charge is 2.20. The smallest absolute Gasteiger partial charge is 0.338 e. The number of nitrogens with one attached hydrogen (secondary N) is 2. The minimum absolute atomic E-state index is 0.136. The van der Waals surface area contributed by atoms with E-state index < -0.39 is 24.5 Å². The van der Waals surface area contributed by atoms with Gasteiger partial charge in [-0.1, -0.05) is 13.8 Å². The van der Waals surface area contributed by atoms with Crippen LogP contribution in [-0.4, -0.2) is 50.9 Å².